The summed E-state index contributed by atoms with van der Waals surface area (Å²) in [7, 11) is 1.75. The number of aromatic nitrogens is 1. The maximum absolute atomic E-state index is 11.6. The van der Waals surface area contributed by atoms with Gasteiger partial charge in [0.25, 0.3) is 0 Å². The van der Waals surface area contributed by atoms with Crippen molar-refractivity contribution in [1.29, 1.82) is 0 Å². The van der Waals surface area contributed by atoms with Crippen LogP contribution in [0.4, 0.5) is 5.82 Å². The third kappa shape index (κ3) is 2.53. The zero-order valence-electron chi connectivity index (χ0n) is 11.2. The summed E-state index contributed by atoms with van der Waals surface area (Å²) in [6, 6.07) is 3.64. The second-order valence-electron chi connectivity index (χ2n) is 4.92. The lowest BCUT2D eigenvalue weighted by Gasteiger charge is -2.37. The molecule has 2 rings (SSSR count). The average Bonchev–Trinajstić information content (AvgIpc) is 2.39. The topological polar surface area (TPSA) is 42.4 Å². The van der Waals surface area contributed by atoms with Gasteiger partial charge in [0.1, 0.15) is 5.82 Å². The number of methoxy groups -OCH3 is 1. The van der Waals surface area contributed by atoms with Gasteiger partial charge in [-0.1, -0.05) is 6.92 Å². The number of ketones is 1. The van der Waals surface area contributed by atoms with Gasteiger partial charge in [0.15, 0.2) is 5.78 Å². The largest absolute Gasteiger partial charge is 0.379 e. The summed E-state index contributed by atoms with van der Waals surface area (Å²) < 4.78 is 5.50. The third-order valence-electron chi connectivity index (χ3n) is 3.66. The summed E-state index contributed by atoms with van der Waals surface area (Å²) >= 11 is 0. The van der Waals surface area contributed by atoms with Gasteiger partial charge in [-0.2, -0.15) is 0 Å². The van der Waals surface area contributed by atoms with Crippen LogP contribution in [0, 0.1) is 5.92 Å². The van der Waals surface area contributed by atoms with Crippen LogP contribution in [-0.4, -0.2) is 37.1 Å². The summed E-state index contributed by atoms with van der Waals surface area (Å²) in [5.41, 5.74) is 0.696. The summed E-state index contributed by atoms with van der Waals surface area (Å²) in [6.07, 6.45) is 3.01. The Morgan fingerprint density at radius 1 is 1.56 bits per heavy atom. The van der Waals surface area contributed by atoms with Crippen molar-refractivity contribution in [3.8, 4) is 0 Å². The lowest BCUT2D eigenvalue weighted by molar-refractivity contribution is 0.0496. The van der Waals surface area contributed by atoms with Gasteiger partial charge >= 0.3 is 0 Å². The summed E-state index contributed by atoms with van der Waals surface area (Å²) in [4.78, 5) is 18.2. The highest BCUT2D eigenvalue weighted by atomic mass is 16.5. The van der Waals surface area contributed by atoms with Crippen molar-refractivity contribution in [1.82, 2.24) is 4.98 Å². The van der Waals surface area contributed by atoms with E-state index < -0.39 is 0 Å². The first-order chi connectivity index (χ1) is 8.63. The van der Waals surface area contributed by atoms with Crippen LogP contribution in [0.25, 0.3) is 0 Å². The first kappa shape index (κ1) is 13.0. The van der Waals surface area contributed by atoms with Gasteiger partial charge in [-0.15, -0.1) is 0 Å². The molecule has 1 saturated heterocycles. The molecule has 0 bridgehead atoms. The maximum atomic E-state index is 11.6. The minimum Gasteiger partial charge on any atom is -0.379 e. The number of anilines is 1. The molecule has 2 unspecified atom stereocenters. The van der Waals surface area contributed by atoms with Gasteiger partial charge in [0.05, 0.1) is 11.7 Å². The summed E-state index contributed by atoms with van der Waals surface area (Å²) in [5.74, 6) is 1.40. The van der Waals surface area contributed by atoms with Crippen molar-refractivity contribution in [2.75, 3.05) is 25.1 Å². The lowest BCUT2D eigenvalue weighted by atomic mass is 9.95. The van der Waals surface area contributed by atoms with Crippen molar-refractivity contribution >= 4 is 11.6 Å². The molecule has 0 N–H and O–H groups in total. The number of rotatable bonds is 3. The number of piperidine rings is 1. The van der Waals surface area contributed by atoms with Gasteiger partial charge in [0, 0.05) is 26.4 Å². The number of ether oxygens (including phenoxy) is 1. The van der Waals surface area contributed by atoms with E-state index in [-0.39, 0.29) is 11.9 Å². The van der Waals surface area contributed by atoms with E-state index in [1.165, 1.54) is 0 Å². The van der Waals surface area contributed by atoms with E-state index in [4.69, 9.17) is 4.74 Å². The standard InChI is InChI=1S/C14H20N2O2/c1-10-6-8-16(9-13(10)18-3)14-12(11(2)17)5-4-7-15-14/h4-5,7,10,13H,6,8-9H2,1-3H3. The summed E-state index contributed by atoms with van der Waals surface area (Å²) in [6.45, 7) is 5.52. The third-order valence-corrected chi connectivity index (χ3v) is 3.66. The zero-order chi connectivity index (χ0) is 13.1. The molecule has 1 aromatic heterocycles. The van der Waals surface area contributed by atoms with E-state index in [0.717, 1.165) is 25.3 Å². The number of hydrogen-bond acceptors (Lipinski definition) is 4. The van der Waals surface area contributed by atoms with Crippen LogP contribution in [0.5, 0.6) is 0 Å². The molecule has 1 fully saturated rings. The van der Waals surface area contributed by atoms with Crippen molar-refractivity contribution in [3.05, 3.63) is 23.9 Å². The van der Waals surface area contributed by atoms with Gasteiger partial charge < -0.3 is 9.64 Å². The Morgan fingerprint density at radius 2 is 2.33 bits per heavy atom. The molecule has 4 nitrogen and oxygen atoms in total. The maximum Gasteiger partial charge on any atom is 0.163 e. The fourth-order valence-corrected chi connectivity index (χ4v) is 2.46. The molecular formula is C14H20N2O2. The van der Waals surface area contributed by atoms with Crippen LogP contribution in [0.3, 0.4) is 0 Å². The molecule has 1 aliphatic rings. The monoisotopic (exact) mass is 248 g/mol. The molecule has 0 radical (unpaired) electrons. The Morgan fingerprint density at radius 3 is 3.00 bits per heavy atom. The highest BCUT2D eigenvalue weighted by Crippen LogP contribution is 2.25. The Hall–Kier alpha value is -1.42. The number of carbonyl (C=O) groups excluding carboxylic acids is 1. The molecule has 0 saturated carbocycles. The molecule has 1 aliphatic heterocycles. The molecule has 2 heterocycles. The first-order valence-electron chi connectivity index (χ1n) is 6.37. The second-order valence-corrected chi connectivity index (χ2v) is 4.92. The van der Waals surface area contributed by atoms with Crippen LogP contribution in [0.15, 0.2) is 18.3 Å². The first-order valence-corrected chi connectivity index (χ1v) is 6.37. The van der Waals surface area contributed by atoms with Crippen LogP contribution in [0.1, 0.15) is 30.6 Å². The van der Waals surface area contributed by atoms with Crippen LogP contribution < -0.4 is 4.90 Å². The van der Waals surface area contributed by atoms with Gasteiger partial charge in [0.2, 0.25) is 0 Å². The van der Waals surface area contributed by atoms with Crippen LogP contribution >= 0.6 is 0 Å². The number of hydrogen-bond donors (Lipinski definition) is 0. The quantitative estimate of drug-likeness (QED) is 0.769. The Labute approximate surface area is 108 Å². The van der Waals surface area contributed by atoms with E-state index in [9.17, 15) is 4.79 Å². The summed E-state index contributed by atoms with van der Waals surface area (Å²) in [5, 5.41) is 0. The molecule has 0 aromatic carbocycles. The molecule has 2 atom stereocenters. The molecule has 0 spiro atoms. The molecule has 0 aliphatic carbocycles. The smallest absolute Gasteiger partial charge is 0.163 e. The Kier molecular flexibility index (Phi) is 3.97. The molecule has 18 heavy (non-hydrogen) atoms. The number of carbonyl (C=O) groups is 1. The minimum absolute atomic E-state index is 0.0608. The Bertz CT molecular complexity index is 434. The number of nitrogens with zero attached hydrogens (tertiary/aromatic N) is 2. The highest BCUT2D eigenvalue weighted by Gasteiger charge is 2.28. The molecule has 98 valence electrons. The van der Waals surface area contributed by atoms with Gasteiger partial charge in [-0.3, -0.25) is 4.79 Å². The Balaban J connectivity index is 2.24. The lowest BCUT2D eigenvalue weighted by Crippen LogP contribution is -2.44. The zero-order valence-corrected chi connectivity index (χ0v) is 11.2. The van der Waals surface area contributed by atoms with Crippen molar-refractivity contribution in [3.63, 3.8) is 0 Å². The van der Waals surface area contributed by atoms with E-state index in [2.05, 4.69) is 16.8 Å². The predicted molar refractivity (Wildman–Crippen MR) is 71.0 cm³/mol. The van der Waals surface area contributed by atoms with Gasteiger partial charge in [-0.25, -0.2) is 4.98 Å². The molecule has 0 amide bonds. The van der Waals surface area contributed by atoms with Crippen LogP contribution in [-0.2, 0) is 4.74 Å². The number of pyridine rings is 1. The molecule has 4 heteroatoms. The highest BCUT2D eigenvalue weighted by molar-refractivity contribution is 5.98. The van der Waals surface area contributed by atoms with Crippen molar-refractivity contribution in [2.24, 2.45) is 5.92 Å². The fourth-order valence-electron chi connectivity index (χ4n) is 2.46. The second kappa shape index (κ2) is 5.48. The average molecular weight is 248 g/mol. The van der Waals surface area contributed by atoms with E-state index in [0.29, 0.717) is 11.5 Å². The van der Waals surface area contributed by atoms with E-state index in [1.54, 1.807) is 26.3 Å². The van der Waals surface area contributed by atoms with E-state index >= 15 is 0 Å². The van der Waals surface area contributed by atoms with Gasteiger partial charge in [-0.05, 0) is 31.4 Å². The molecular weight excluding hydrogens is 228 g/mol. The van der Waals surface area contributed by atoms with E-state index in [1.807, 2.05) is 6.07 Å². The fraction of sp³-hybridized carbons (Fsp3) is 0.571. The predicted octanol–water partition coefficient (Wildman–Crippen LogP) is 2.15. The van der Waals surface area contributed by atoms with Crippen molar-refractivity contribution < 1.29 is 9.53 Å². The normalized spacial score (nSPS) is 24.1. The molecule has 1 aromatic rings. The SMILES string of the molecule is COC1CN(c2ncccc2C(C)=O)CCC1C. The number of Topliss-reactive ketones (excluding diaryl/α,β-unsaturated/α-hetero) is 1. The minimum atomic E-state index is 0.0608. The van der Waals surface area contributed by atoms with Crippen LogP contribution in [0.2, 0.25) is 0 Å². The van der Waals surface area contributed by atoms with Crippen molar-refractivity contribution in [2.45, 2.75) is 26.4 Å².